The second kappa shape index (κ2) is 9.78. The van der Waals surface area contributed by atoms with E-state index >= 15 is 0 Å². The van der Waals surface area contributed by atoms with Gasteiger partial charge in [-0.25, -0.2) is 0 Å². The topological polar surface area (TPSA) is 50.4 Å². The maximum Gasteiger partial charge on any atom is 0.224 e. The van der Waals surface area contributed by atoms with Crippen LogP contribution in [0.25, 0.3) is 0 Å². The Bertz CT molecular complexity index is 945. The molecule has 0 aliphatic rings. The van der Waals surface area contributed by atoms with E-state index in [9.17, 15) is 4.79 Å². The Hall–Kier alpha value is -3.27. The second-order valence-electron chi connectivity index (χ2n) is 7.26. The predicted octanol–water partition coefficient (Wildman–Crippen LogP) is 6.15. The SMILES string of the molecule is Cc1ccc(Nc2ccccc2NC(=O)CCCOc2c(C)cccc2C)cc1. The van der Waals surface area contributed by atoms with Crippen LogP contribution in [0.1, 0.15) is 29.5 Å². The van der Waals surface area contributed by atoms with Gasteiger partial charge < -0.3 is 15.4 Å². The summed E-state index contributed by atoms with van der Waals surface area (Å²) in [5.41, 5.74) is 6.07. The van der Waals surface area contributed by atoms with E-state index in [1.807, 2.05) is 68.4 Å². The molecule has 0 atom stereocenters. The van der Waals surface area contributed by atoms with Gasteiger partial charge in [-0.3, -0.25) is 4.79 Å². The molecule has 3 rings (SSSR count). The van der Waals surface area contributed by atoms with Crippen LogP contribution >= 0.6 is 0 Å². The monoisotopic (exact) mass is 388 g/mol. The van der Waals surface area contributed by atoms with Crippen molar-refractivity contribution in [1.82, 2.24) is 0 Å². The highest BCUT2D eigenvalue weighted by Gasteiger charge is 2.08. The number of anilines is 3. The molecule has 29 heavy (non-hydrogen) atoms. The summed E-state index contributed by atoms with van der Waals surface area (Å²) < 4.78 is 5.89. The molecular weight excluding hydrogens is 360 g/mol. The van der Waals surface area contributed by atoms with Gasteiger partial charge in [-0.15, -0.1) is 0 Å². The Labute approximate surface area is 172 Å². The van der Waals surface area contributed by atoms with Gasteiger partial charge in [-0.2, -0.15) is 0 Å². The van der Waals surface area contributed by atoms with Gasteiger partial charge in [0.05, 0.1) is 18.0 Å². The molecule has 1 amide bonds. The molecule has 2 N–H and O–H groups in total. The second-order valence-corrected chi connectivity index (χ2v) is 7.26. The minimum absolute atomic E-state index is 0.0201. The van der Waals surface area contributed by atoms with Crippen LogP contribution < -0.4 is 15.4 Å². The van der Waals surface area contributed by atoms with Gasteiger partial charge in [-0.1, -0.05) is 48.0 Å². The maximum atomic E-state index is 12.4. The van der Waals surface area contributed by atoms with Crippen molar-refractivity contribution in [1.29, 1.82) is 0 Å². The summed E-state index contributed by atoms with van der Waals surface area (Å²) in [7, 11) is 0. The zero-order chi connectivity index (χ0) is 20.6. The first kappa shape index (κ1) is 20.5. The molecule has 3 aromatic rings. The number of nitrogens with one attached hydrogen (secondary N) is 2. The first-order valence-corrected chi connectivity index (χ1v) is 9.94. The molecule has 0 saturated carbocycles. The Kier molecular flexibility index (Phi) is 6.90. The van der Waals surface area contributed by atoms with Crippen molar-refractivity contribution in [2.75, 3.05) is 17.2 Å². The molecule has 0 heterocycles. The van der Waals surface area contributed by atoms with Gasteiger partial charge in [-0.05, 0) is 62.6 Å². The van der Waals surface area contributed by atoms with Crippen molar-refractivity contribution < 1.29 is 9.53 Å². The van der Waals surface area contributed by atoms with E-state index in [1.54, 1.807) is 0 Å². The van der Waals surface area contributed by atoms with Crippen molar-refractivity contribution in [3.8, 4) is 5.75 Å². The standard InChI is InChI=1S/C25H28N2O2/c1-18-13-15-21(16-14-18)26-22-10-4-5-11-23(22)27-24(28)12-7-17-29-25-19(2)8-6-9-20(25)3/h4-6,8-11,13-16,26H,7,12,17H2,1-3H3,(H,27,28). The molecule has 0 radical (unpaired) electrons. The summed E-state index contributed by atoms with van der Waals surface area (Å²) in [5, 5.41) is 6.37. The fourth-order valence-electron chi connectivity index (χ4n) is 3.14. The third-order valence-electron chi connectivity index (χ3n) is 4.74. The van der Waals surface area contributed by atoms with Gasteiger partial charge in [0.15, 0.2) is 0 Å². The number of benzene rings is 3. The van der Waals surface area contributed by atoms with Crippen molar-refractivity contribution in [3.63, 3.8) is 0 Å². The number of aryl methyl sites for hydroxylation is 3. The molecule has 0 bridgehead atoms. The normalized spacial score (nSPS) is 10.4. The number of hydrogen-bond acceptors (Lipinski definition) is 3. The first-order chi connectivity index (χ1) is 14.0. The lowest BCUT2D eigenvalue weighted by atomic mass is 10.1. The smallest absolute Gasteiger partial charge is 0.224 e. The fraction of sp³-hybridized carbons (Fsp3) is 0.240. The Morgan fingerprint density at radius 3 is 2.17 bits per heavy atom. The summed E-state index contributed by atoms with van der Waals surface area (Å²) in [6, 6.07) is 22.0. The van der Waals surface area contributed by atoms with Crippen LogP contribution in [0.2, 0.25) is 0 Å². The van der Waals surface area contributed by atoms with Crippen LogP contribution in [0.3, 0.4) is 0 Å². The van der Waals surface area contributed by atoms with Crippen LogP contribution in [0.15, 0.2) is 66.7 Å². The lowest BCUT2D eigenvalue weighted by Gasteiger charge is -2.14. The van der Waals surface area contributed by atoms with Crippen LogP contribution in [0.5, 0.6) is 5.75 Å². The van der Waals surface area contributed by atoms with E-state index in [1.165, 1.54) is 5.56 Å². The van der Waals surface area contributed by atoms with Crippen LogP contribution in [-0.4, -0.2) is 12.5 Å². The maximum absolute atomic E-state index is 12.4. The fourth-order valence-corrected chi connectivity index (χ4v) is 3.14. The number of para-hydroxylation sites is 3. The molecule has 0 unspecified atom stereocenters. The van der Waals surface area contributed by atoms with Crippen molar-refractivity contribution in [3.05, 3.63) is 83.4 Å². The van der Waals surface area contributed by atoms with E-state index in [-0.39, 0.29) is 5.91 Å². The summed E-state index contributed by atoms with van der Waals surface area (Å²) in [4.78, 5) is 12.4. The van der Waals surface area contributed by atoms with Gasteiger partial charge in [0.25, 0.3) is 0 Å². The van der Waals surface area contributed by atoms with Gasteiger partial charge in [0.2, 0.25) is 5.91 Å². The molecule has 0 saturated heterocycles. The predicted molar refractivity (Wildman–Crippen MR) is 120 cm³/mol. The van der Waals surface area contributed by atoms with Crippen LogP contribution in [-0.2, 0) is 4.79 Å². The van der Waals surface area contributed by atoms with E-state index in [4.69, 9.17) is 4.74 Å². The molecule has 0 spiro atoms. The zero-order valence-electron chi connectivity index (χ0n) is 17.3. The number of hydrogen-bond donors (Lipinski definition) is 2. The van der Waals surface area contributed by atoms with Gasteiger partial charge >= 0.3 is 0 Å². The van der Waals surface area contributed by atoms with Crippen LogP contribution in [0, 0.1) is 20.8 Å². The highest BCUT2D eigenvalue weighted by molar-refractivity contribution is 5.94. The highest BCUT2D eigenvalue weighted by Crippen LogP contribution is 2.26. The summed E-state index contributed by atoms with van der Waals surface area (Å²) in [6.07, 6.45) is 1.07. The minimum atomic E-state index is -0.0201. The van der Waals surface area contributed by atoms with Gasteiger partial charge in [0.1, 0.15) is 5.75 Å². The van der Waals surface area contributed by atoms with E-state index in [2.05, 4.69) is 29.7 Å². The van der Waals surface area contributed by atoms with E-state index in [0.717, 1.165) is 33.9 Å². The Morgan fingerprint density at radius 1 is 0.828 bits per heavy atom. The molecule has 0 aliphatic carbocycles. The molecular formula is C25H28N2O2. The van der Waals surface area contributed by atoms with Crippen molar-refractivity contribution in [2.45, 2.75) is 33.6 Å². The largest absolute Gasteiger partial charge is 0.493 e. The van der Waals surface area contributed by atoms with E-state index < -0.39 is 0 Å². The average Bonchev–Trinajstić information content (AvgIpc) is 2.70. The molecule has 4 nitrogen and oxygen atoms in total. The highest BCUT2D eigenvalue weighted by atomic mass is 16.5. The molecule has 0 aliphatic heterocycles. The number of carbonyl (C=O) groups excluding carboxylic acids is 1. The number of carbonyl (C=O) groups is 1. The quantitative estimate of drug-likeness (QED) is 0.455. The molecule has 0 fully saturated rings. The summed E-state index contributed by atoms with van der Waals surface area (Å²) in [5.74, 6) is 0.897. The summed E-state index contributed by atoms with van der Waals surface area (Å²) >= 11 is 0. The van der Waals surface area contributed by atoms with Crippen molar-refractivity contribution in [2.24, 2.45) is 0 Å². The number of amides is 1. The third-order valence-corrected chi connectivity index (χ3v) is 4.74. The lowest BCUT2D eigenvalue weighted by Crippen LogP contribution is -2.14. The zero-order valence-corrected chi connectivity index (χ0v) is 17.3. The third kappa shape index (κ3) is 5.85. The lowest BCUT2D eigenvalue weighted by molar-refractivity contribution is -0.116. The first-order valence-electron chi connectivity index (χ1n) is 9.94. The molecule has 150 valence electrons. The van der Waals surface area contributed by atoms with E-state index in [0.29, 0.717) is 19.4 Å². The minimum Gasteiger partial charge on any atom is -0.493 e. The molecule has 0 aromatic heterocycles. The molecule has 3 aromatic carbocycles. The Morgan fingerprint density at radius 2 is 1.48 bits per heavy atom. The Balaban J connectivity index is 1.52. The number of ether oxygens (including phenoxy) is 1. The van der Waals surface area contributed by atoms with Crippen molar-refractivity contribution >= 4 is 23.0 Å². The van der Waals surface area contributed by atoms with Gasteiger partial charge in [0, 0.05) is 12.1 Å². The van der Waals surface area contributed by atoms with Crippen LogP contribution in [0.4, 0.5) is 17.1 Å². The summed E-state index contributed by atoms with van der Waals surface area (Å²) in [6.45, 7) is 6.64. The average molecular weight is 389 g/mol. The number of rotatable bonds is 8. The molecule has 4 heteroatoms.